The summed E-state index contributed by atoms with van der Waals surface area (Å²) in [4.78, 5) is 10.9. The van der Waals surface area contributed by atoms with Crippen LogP contribution >= 0.6 is 0 Å². The minimum Gasteiger partial charge on any atom is -0.872 e. The van der Waals surface area contributed by atoms with E-state index in [0.717, 1.165) is 0 Å². The Labute approximate surface area is 151 Å². The van der Waals surface area contributed by atoms with E-state index in [4.69, 9.17) is 10.8 Å². The fourth-order valence-corrected chi connectivity index (χ4v) is 1.59. The van der Waals surface area contributed by atoms with E-state index < -0.39 is 5.97 Å². The zero-order valence-corrected chi connectivity index (χ0v) is 15.0. The van der Waals surface area contributed by atoms with E-state index in [2.05, 4.69) is 0 Å². The smallest absolute Gasteiger partial charge is 0.872 e. The maximum atomic E-state index is 11.5. The second kappa shape index (κ2) is 5.44. The van der Waals surface area contributed by atoms with Gasteiger partial charge in [-0.3, -0.25) is 0 Å². The van der Waals surface area contributed by atoms with Crippen molar-refractivity contribution in [2.75, 3.05) is 5.73 Å². The molecule has 0 fully saturated rings. The fourth-order valence-electron chi connectivity index (χ4n) is 1.59. The van der Waals surface area contributed by atoms with Crippen LogP contribution in [0, 0.1) is 0 Å². The van der Waals surface area contributed by atoms with Crippen LogP contribution in [-0.2, 0) is 0 Å². The van der Waals surface area contributed by atoms with Crippen LogP contribution in [0.5, 0.6) is 5.75 Å². The Hall–Kier alpha value is -0.178. The first kappa shape index (κ1) is 13.9. The Kier molecular flexibility index (Phi) is 4.72. The standard InChI is InChI=1S/C11H9NO3.Cs/c12-8-3-1-2-6-9(13)5-4-7(10(6)8)11(14)15;/h1-5,13H,12H2,(H,14,15);/q;+1/p-1. The summed E-state index contributed by atoms with van der Waals surface area (Å²) in [6, 6.07) is 7.30. The molecule has 16 heavy (non-hydrogen) atoms. The minimum atomic E-state index is -1.09. The summed E-state index contributed by atoms with van der Waals surface area (Å²) in [5.41, 5.74) is 6.03. The number of rotatable bonds is 1. The number of carboxylic acids is 1. The van der Waals surface area contributed by atoms with Gasteiger partial charge >= 0.3 is 74.9 Å². The quantitative estimate of drug-likeness (QED) is 0.602. The Morgan fingerprint density at radius 2 is 1.94 bits per heavy atom. The zero-order chi connectivity index (χ0) is 11.0. The van der Waals surface area contributed by atoms with E-state index >= 15 is 0 Å². The SMILES string of the molecule is Nc1cccc2c([O-])ccc(C(=O)O)c12.[Cs+]. The van der Waals surface area contributed by atoms with Gasteiger partial charge in [-0.15, -0.1) is 5.75 Å². The predicted octanol–water partition coefficient (Wildman–Crippen LogP) is -1.80. The van der Waals surface area contributed by atoms with Crippen LogP contribution in [0.2, 0.25) is 0 Å². The van der Waals surface area contributed by atoms with Gasteiger partial charge in [-0.25, -0.2) is 4.79 Å². The van der Waals surface area contributed by atoms with Crippen molar-refractivity contribution in [1.29, 1.82) is 0 Å². The Morgan fingerprint density at radius 3 is 2.56 bits per heavy atom. The van der Waals surface area contributed by atoms with Crippen LogP contribution in [-0.4, -0.2) is 11.1 Å². The molecule has 0 saturated carbocycles. The van der Waals surface area contributed by atoms with Gasteiger partial charge in [0.25, 0.3) is 0 Å². The number of carbonyl (C=O) groups is 1. The number of aromatic carboxylic acids is 1. The molecule has 0 aromatic heterocycles. The molecule has 0 aliphatic heterocycles. The normalized spacial score (nSPS) is 9.75. The molecule has 5 heteroatoms. The van der Waals surface area contributed by atoms with Gasteiger partial charge in [-0.1, -0.05) is 18.2 Å². The van der Waals surface area contributed by atoms with Crippen molar-refractivity contribution >= 4 is 22.4 Å². The topological polar surface area (TPSA) is 86.4 Å². The molecule has 0 aliphatic rings. The van der Waals surface area contributed by atoms with Crippen LogP contribution in [0.4, 0.5) is 5.69 Å². The van der Waals surface area contributed by atoms with E-state index in [1.54, 1.807) is 18.2 Å². The number of hydrogen-bond donors (Lipinski definition) is 2. The number of benzene rings is 2. The van der Waals surface area contributed by atoms with E-state index in [-0.39, 0.29) is 80.2 Å². The van der Waals surface area contributed by atoms with Gasteiger partial charge in [0.05, 0.1) is 5.56 Å². The molecule has 0 atom stereocenters. The first-order chi connectivity index (χ1) is 7.11. The second-order valence-electron chi connectivity index (χ2n) is 3.19. The maximum absolute atomic E-state index is 11.5. The van der Waals surface area contributed by atoms with E-state index in [9.17, 15) is 9.90 Å². The Bertz CT molecular complexity index is 554. The number of nitrogen functional groups attached to an aromatic ring is 1. The second-order valence-corrected chi connectivity index (χ2v) is 3.19. The molecule has 76 valence electrons. The molecule has 3 N–H and O–H groups in total. The number of fused-ring (bicyclic) bond motifs is 1. The summed E-state index contributed by atoms with van der Waals surface area (Å²) in [5, 5.41) is 21.1. The molecule has 0 aliphatic carbocycles. The molecule has 0 saturated heterocycles. The van der Waals surface area contributed by atoms with Crippen LogP contribution < -0.4 is 79.7 Å². The number of carboxylic acid groups (broad SMARTS) is 1. The number of hydrogen-bond acceptors (Lipinski definition) is 3. The summed E-state index contributed by atoms with van der Waals surface area (Å²) >= 11 is 0. The summed E-state index contributed by atoms with van der Waals surface area (Å²) < 4.78 is 0. The predicted molar refractivity (Wildman–Crippen MR) is 54.8 cm³/mol. The first-order valence-electron chi connectivity index (χ1n) is 4.33. The molecule has 2 rings (SSSR count). The van der Waals surface area contributed by atoms with Gasteiger partial charge in [0, 0.05) is 11.1 Å². The van der Waals surface area contributed by atoms with E-state index in [1.165, 1.54) is 12.1 Å². The van der Waals surface area contributed by atoms with Crippen molar-refractivity contribution in [3.63, 3.8) is 0 Å². The van der Waals surface area contributed by atoms with Crippen molar-refractivity contribution < 1.29 is 83.9 Å². The van der Waals surface area contributed by atoms with Gasteiger partial charge in [-0.05, 0) is 17.5 Å². The van der Waals surface area contributed by atoms with Gasteiger partial charge in [0.15, 0.2) is 0 Å². The van der Waals surface area contributed by atoms with E-state index in [1.807, 2.05) is 0 Å². The van der Waals surface area contributed by atoms with Crippen molar-refractivity contribution in [2.45, 2.75) is 0 Å². The Balaban J connectivity index is 0.00000128. The summed E-state index contributed by atoms with van der Waals surface area (Å²) in [7, 11) is 0. The molecule has 2 aromatic carbocycles. The maximum Gasteiger partial charge on any atom is 1.00 e. The molecule has 0 spiro atoms. The first-order valence-corrected chi connectivity index (χ1v) is 4.33. The molecular formula is C11H8CsNO3. The monoisotopic (exact) mass is 335 g/mol. The summed E-state index contributed by atoms with van der Waals surface area (Å²) in [5.74, 6) is -1.31. The molecular weight excluding hydrogens is 327 g/mol. The third-order valence-electron chi connectivity index (χ3n) is 2.26. The third kappa shape index (κ3) is 2.39. The van der Waals surface area contributed by atoms with Gasteiger partial charge in [-0.2, -0.15) is 0 Å². The molecule has 2 aromatic rings. The average molecular weight is 335 g/mol. The third-order valence-corrected chi connectivity index (χ3v) is 2.26. The fraction of sp³-hybridized carbons (Fsp3) is 0. The van der Waals surface area contributed by atoms with Crippen molar-refractivity contribution in [3.8, 4) is 5.75 Å². The van der Waals surface area contributed by atoms with Crippen LogP contribution in [0.3, 0.4) is 0 Å². The zero-order valence-electron chi connectivity index (χ0n) is 8.73. The van der Waals surface area contributed by atoms with E-state index in [0.29, 0.717) is 16.5 Å². The van der Waals surface area contributed by atoms with Crippen molar-refractivity contribution in [2.24, 2.45) is 0 Å². The molecule has 0 radical (unpaired) electrons. The Morgan fingerprint density at radius 1 is 1.25 bits per heavy atom. The number of anilines is 1. The summed E-state index contributed by atoms with van der Waals surface area (Å²) in [6.07, 6.45) is 0. The summed E-state index contributed by atoms with van der Waals surface area (Å²) in [6.45, 7) is 0. The van der Waals surface area contributed by atoms with Crippen LogP contribution in [0.15, 0.2) is 30.3 Å². The molecule has 0 unspecified atom stereocenters. The van der Waals surface area contributed by atoms with Gasteiger partial charge in [0.1, 0.15) is 0 Å². The molecule has 0 amide bonds. The largest absolute Gasteiger partial charge is 1.00 e. The minimum absolute atomic E-state index is 0. The molecule has 4 nitrogen and oxygen atoms in total. The molecule has 0 heterocycles. The molecule has 0 bridgehead atoms. The van der Waals surface area contributed by atoms with Crippen molar-refractivity contribution in [3.05, 3.63) is 35.9 Å². The van der Waals surface area contributed by atoms with Crippen LogP contribution in [0.25, 0.3) is 10.8 Å². The van der Waals surface area contributed by atoms with Gasteiger partial charge in [0.2, 0.25) is 0 Å². The van der Waals surface area contributed by atoms with Gasteiger partial charge < -0.3 is 15.9 Å². The number of nitrogens with two attached hydrogens (primary N) is 1. The van der Waals surface area contributed by atoms with Crippen LogP contribution in [0.1, 0.15) is 10.4 Å². The average Bonchev–Trinajstić information content (AvgIpc) is 2.19. The van der Waals surface area contributed by atoms with Crippen molar-refractivity contribution in [1.82, 2.24) is 0 Å².